The number of benzene rings is 2. The summed E-state index contributed by atoms with van der Waals surface area (Å²) in [4.78, 5) is 24.4. The van der Waals surface area contributed by atoms with Gasteiger partial charge in [-0.2, -0.15) is 0 Å². The zero-order valence-corrected chi connectivity index (χ0v) is 21.7. The van der Waals surface area contributed by atoms with E-state index in [1.54, 1.807) is 6.07 Å². The number of rotatable bonds is 13. The number of carboxylic acids is 1. The van der Waals surface area contributed by atoms with Crippen molar-refractivity contribution in [1.29, 1.82) is 0 Å². The minimum Gasteiger partial charge on any atom is -0.494 e. The van der Waals surface area contributed by atoms with Gasteiger partial charge >= 0.3 is 5.97 Å². The van der Waals surface area contributed by atoms with Crippen molar-refractivity contribution in [3.05, 3.63) is 107 Å². The lowest BCUT2D eigenvalue weighted by atomic mass is 10.0. The van der Waals surface area contributed by atoms with Crippen LogP contribution in [0.15, 0.2) is 79.0 Å². The van der Waals surface area contributed by atoms with Crippen molar-refractivity contribution < 1.29 is 19.4 Å². The van der Waals surface area contributed by atoms with Gasteiger partial charge in [0.05, 0.1) is 12.1 Å². The first-order valence-corrected chi connectivity index (χ1v) is 13.1. The molecule has 37 heavy (non-hydrogen) atoms. The van der Waals surface area contributed by atoms with Crippen LogP contribution in [0.4, 0.5) is 0 Å². The number of aromatic nitrogens is 1. The van der Waals surface area contributed by atoms with Crippen LogP contribution in [0.5, 0.6) is 5.75 Å². The van der Waals surface area contributed by atoms with Gasteiger partial charge < -0.3 is 14.2 Å². The number of pyridine rings is 1. The van der Waals surface area contributed by atoms with E-state index in [-0.39, 0.29) is 12.2 Å². The molecule has 0 radical (unpaired) electrons. The second kappa shape index (κ2) is 12.4. The summed E-state index contributed by atoms with van der Waals surface area (Å²) >= 11 is 0. The lowest BCUT2D eigenvalue weighted by molar-refractivity contribution is -0.137. The van der Waals surface area contributed by atoms with Crippen LogP contribution in [0, 0.1) is 5.92 Å². The molecule has 2 aromatic heterocycles. The molecule has 2 heterocycles. The van der Waals surface area contributed by atoms with E-state index in [0.29, 0.717) is 42.2 Å². The molecule has 0 amide bonds. The predicted molar refractivity (Wildman–Crippen MR) is 147 cm³/mol. The standard InChI is InChI=1S/C32H35NO4/c1-23(2)20-25-16-14-24(15-17-25)8-7-19-37-28-11-5-9-26(21-28)32(36)29-22-27(10-6-13-31(34)35)33-18-4-3-12-30(29)33/h3-5,9,11-12,14-18,21-23H,6-8,10,13,19-20H2,1-2H3,(H,34,35). The molecule has 5 nitrogen and oxygen atoms in total. The maximum absolute atomic E-state index is 13.5. The molecule has 0 unspecified atom stereocenters. The number of hydrogen-bond donors (Lipinski definition) is 1. The predicted octanol–water partition coefficient (Wildman–Crippen LogP) is 6.79. The number of carboxylic acid groups (broad SMARTS) is 1. The monoisotopic (exact) mass is 497 g/mol. The van der Waals surface area contributed by atoms with Crippen LogP contribution < -0.4 is 4.74 Å². The Labute approximate surface area is 218 Å². The Morgan fingerprint density at radius 2 is 1.68 bits per heavy atom. The summed E-state index contributed by atoms with van der Waals surface area (Å²) in [5.41, 5.74) is 5.63. The summed E-state index contributed by atoms with van der Waals surface area (Å²) in [6.45, 7) is 5.04. The van der Waals surface area contributed by atoms with Crippen molar-refractivity contribution in [2.75, 3.05) is 6.61 Å². The molecule has 2 aromatic carbocycles. The molecule has 4 aromatic rings. The summed E-state index contributed by atoms with van der Waals surface area (Å²) in [5.74, 6) is 0.460. The third-order valence-electron chi connectivity index (χ3n) is 6.47. The summed E-state index contributed by atoms with van der Waals surface area (Å²) in [5, 5.41) is 8.97. The van der Waals surface area contributed by atoms with Crippen LogP contribution in [-0.2, 0) is 24.1 Å². The minimum absolute atomic E-state index is 0.0693. The van der Waals surface area contributed by atoms with Crippen molar-refractivity contribution in [2.45, 2.75) is 52.4 Å². The fourth-order valence-electron chi connectivity index (χ4n) is 4.68. The van der Waals surface area contributed by atoms with Crippen molar-refractivity contribution in [2.24, 2.45) is 5.92 Å². The summed E-state index contributed by atoms with van der Waals surface area (Å²) in [6, 6.07) is 23.8. The summed E-state index contributed by atoms with van der Waals surface area (Å²) < 4.78 is 7.96. The zero-order chi connectivity index (χ0) is 26.2. The van der Waals surface area contributed by atoms with E-state index in [0.717, 1.165) is 30.5 Å². The molecule has 0 aliphatic heterocycles. The number of hydrogen-bond acceptors (Lipinski definition) is 3. The van der Waals surface area contributed by atoms with Crippen molar-refractivity contribution >= 4 is 17.3 Å². The Morgan fingerprint density at radius 3 is 2.43 bits per heavy atom. The number of aryl methyl sites for hydroxylation is 2. The number of fused-ring (bicyclic) bond motifs is 1. The maximum Gasteiger partial charge on any atom is 0.303 e. The van der Waals surface area contributed by atoms with Crippen LogP contribution in [0.2, 0.25) is 0 Å². The number of ether oxygens (including phenoxy) is 1. The Hall–Kier alpha value is -3.86. The van der Waals surface area contributed by atoms with Crippen LogP contribution in [0.1, 0.15) is 65.9 Å². The van der Waals surface area contributed by atoms with E-state index in [4.69, 9.17) is 9.84 Å². The van der Waals surface area contributed by atoms with Gasteiger partial charge in [0, 0.05) is 29.4 Å². The molecule has 1 N–H and O–H groups in total. The molecule has 0 aliphatic carbocycles. The van der Waals surface area contributed by atoms with Crippen LogP contribution in [0.3, 0.4) is 0 Å². The molecule has 0 atom stereocenters. The van der Waals surface area contributed by atoms with E-state index in [1.165, 1.54) is 11.1 Å². The van der Waals surface area contributed by atoms with Gasteiger partial charge in [0.2, 0.25) is 0 Å². The SMILES string of the molecule is CC(C)Cc1ccc(CCCOc2cccc(C(=O)c3cc(CCCC(=O)O)n4ccccc34)c2)cc1. The van der Waals surface area contributed by atoms with Gasteiger partial charge in [-0.05, 0) is 79.5 Å². The Balaban J connectivity index is 1.38. The van der Waals surface area contributed by atoms with Gasteiger partial charge in [-0.15, -0.1) is 0 Å². The first-order chi connectivity index (χ1) is 17.9. The van der Waals surface area contributed by atoms with Crippen LogP contribution in [-0.4, -0.2) is 27.9 Å². The molecular formula is C32H35NO4. The van der Waals surface area contributed by atoms with Crippen LogP contribution >= 0.6 is 0 Å². The number of aliphatic carboxylic acids is 1. The smallest absolute Gasteiger partial charge is 0.303 e. The highest BCUT2D eigenvalue weighted by atomic mass is 16.5. The third kappa shape index (κ3) is 7.10. The number of nitrogens with zero attached hydrogens (tertiary/aromatic N) is 1. The largest absolute Gasteiger partial charge is 0.494 e. The normalized spacial score (nSPS) is 11.2. The molecule has 0 fully saturated rings. The topological polar surface area (TPSA) is 68.0 Å². The Bertz CT molecular complexity index is 1350. The fraction of sp³-hybridized carbons (Fsp3) is 0.312. The van der Waals surface area contributed by atoms with Gasteiger partial charge in [0.25, 0.3) is 0 Å². The molecule has 0 spiro atoms. The highest BCUT2D eigenvalue weighted by Gasteiger charge is 2.17. The van der Waals surface area contributed by atoms with Gasteiger partial charge in [-0.3, -0.25) is 9.59 Å². The van der Waals surface area contributed by atoms with Gasteiger partial charge in [0.15, 0.2) is 5.78 Å². The number of ketones is 1. The van der Waals surface area contributed by atoms with Gasteiger partial charge in [-0.25, -0.2) is 0 Å². The molecule has 0 bridgehead atoms. The van der Waals surface area contributed by atoms with Gasteiger partial charge in [-0.1, -0.05) is 56.3 Å². The quantitative estimate of drug-likeness (QED) is 0.163. The fourth-order valence-corrected chi connectivity index (χ4v) is 4.68. The minimum atomic E-state index is -0.812. The van der Waals surface area contributed by atoms with E-state index in [2.05, 4.69) is 38.1 Å². The van der Waals surface area contributed by atoms with E-state index < -0.39 is 5.97 Å². The molecule has 4 rings (SSSR count). The van der Waals surface area contributed by atoms with Crippen molar-refractivity contribution in [3.63, 3.8) is 0 Å². The van der Waals surface area contributed by atoms with Crippen molar-refractivity contribution in [3.8, 4) is 5.75 Å². The summed E-state index contributed by atoms with van der Waals surface area (Å²) in [6.07, 6.45) is 6.08. The second-order valence-electron chi connectivity index (χ2n) is 9.98. The van der Waals surface area contributed by atoms with E-state index in [1.807, 2.05) is 53.1 Å². The maximum atomic E-state index is 13.5. The average molecular weight is 498 g/mol. The Morgan fingerprint density at radius 1 is 0.892 bits per heavy atom. The Kier molecular flexibility index (Phi) is 8.78. The number of carbonyl (C=O) groups is 2. The number of carbonyl (C=O) groups excluding carboxylic acids is 1. The molecule has 192 valence electrons. The average Bonchev–Trinajstić information content (AvgIpc) is 3.25. The highest BCUT2D eigenvalue weighted by Crippen LogP contribution is 2.24. The molecule has 0 saturated carbocycles. The van der Waals surface area contributed by atoms with Crippen LogP contribution in [0.25, 0.3) is 5.52 Å². The molecule has 0 saturated heterocycles. The lowest BCUT2D eigenvalue weighted by Gasteiger charge is -2.09. The second-order valence-corrected chi connectivity index (χ2v) is 9.98. The lowest BCUT2D eigenvalue weighted by Crippen LogP contribution is -2.03. The summed E-state index contributed by atoms with van der Waals surface area (Å²) in [7, 11) is 0. The molecular weight excluding hydrogens is 462 g/mol. The van der Waals surface area contributed by atoms with Crippen molar-refractivity contribution in [1.82, 2.24) is 4.40 Å². The zero-order valence-electron chi connectivity index (χ0n) is 21.7. The van der Waals surface area contributed by atoms with Gasteiger partial charge in [0.1, 0.15) is 5.75 Å². The first kappa shape index (κ1) is 26.2. The van der Waals surface area contributed by atoms with E-state index >= 15 is 0 Å². The van der Waals surface area contributed by atoms with E-state index in [9.17, 15) is 9.59 Å². The first-order valence-electron chi connectivity index (χ1n) is 13.1. The highest BCUT2D eigenvalue weighted by molar-refractivity contribution is 6.13. The molecule has 5 heteroatoms. The third-order valence-corrected chi connectivity index (χ3v) is 6.47. The molecule has 0 aliphatic rings.